The fourth-order valence-corrected chi connectivity index (χ4v) is 2.34. The smallest absolute Gasteiger partial charge is 0.138 e. The van der Waals surface area contributed by atoms with E-state index in [-0.39, 0.29) is 5.41 Å². The molecule has 1 heterocycles. The van der Waals surface area contributed by atoms with Gasteiger partial charge in [-0.05, 0) is 32.3 Å². The van der Waals surface area contributed by atoms with E-state index in [2.05, 4.69) is 61.5 Å². The molecule has 0 aliphatic heterocycles. The van der Waals surface area contributed by atoms with Gasteiger partial charge in [0.2, 0.25) is 0 Å². The van der Waals surface area contributed by atoms with Gasteiger partial charge in [0.1, 0.15) is 17.5 Å². The molecule has 1 rings (SSSR count). The van der Waals surface area contributed by atoms with Crippen LogP contribution in [0, 0.1) is 0 Å². The fourth-order valence-electron chi connectivity index (χ4n) is 1.75. The van der Waals surface area contributed by atoms with Crippen molar-refractivity contribution >= 4 is 23.4 Å². The largest absolute Gasteiger partial charge is 0.370 e. The monoisotopic (exact) mass is 296 g/mol. The summed E-state index contributed by atoms with van der Waals surface area (Å²) in [6.07, 6.45) is 3.27. The normalized spacial score (nSPS) is 13.1. The Bertz CT molecular complexity index is 415. The highest BCUT2D eigenvalue weighted by atomic mass is 32.2. The summed E-state index contributed by atoms with van der Waals surface area (Å²) in [6, 6.07) is 2.41. The van der Waals surface area contributed by atoms with Crippen molar-refractivity contribution in [2.75, 3.05) is 29.2 Å². The third-order valence-electron chi connectivity index (χ3n) is 2.90. The molecule has 0 radical (unpaired) electrons. The lowest BCUT2D eigenvalue weighted by atomic mass is 9.96. The number of rotatable bonds is 7. The summed E-state index contributed by atoms with van der Waals surface area (Å²) in [5, 5.41) is 6.77. The van der Waals surface area contributed by atoms with Gasteiger partial charge < -0.3 is 10.6 Å². The summed E-state index contributed by atoms with van der Waals surface area (Å²) in [7, 11) is 0. The molecule has 0 amide bonds. The molecule has 0 saturated carbocycles. The predicted octanol–water partition coefficient (Wildman–Crippen LogP) is 3.76. The van der Waals surface area contributed by atoms with Crippen molar-refractivity contribution in [1.29, 1.82) is 0 Å². The van der Waals surface area contributed by atoms with E-state index in [1.165, 1.54) is 0 Å². The molecule has 1 atom stereocenters. The second kappa shape index (κ2) is 7.72. The standard InChI is InChI=1S/C15H28N4S/c1-7-16-12-10-13(17-11(2)8-9-20-6)19-14(18-12)15(3,4)5/h10-11H,7-9H2,1-6H3,(H2,16,17,18,19). The maximum absolute atomic E-state index is 4.67. The molecule has 2 N–H and O–H groups in total. The Kier molecular flexibility index (Phi) is 6.59. The molecular weight excluding hydrogens is 268 g/mol. The first-order valence-electron chi connectivity index (χ1n) is 7.25. The number of hydrogen-bond donors (Lipinski definition) is 2. The number of nitrogens with one attached hydrogen (secondary N) is 2. The molecule has 114 valence electrons. The zero-order valence-corrected chi connectivity index (χ0v) is 14.4. The number of anilines is 2. The molecule has 5 heteroatoms. The maximum Gasteiger partial charge on any atom is 0.138 e. The van der Waals surface area contributed by atoms with Crippen LogP contribution in [0.25, 0.3) is 0 Å². The van der Waals surface area contributed by atoms with Crippen LogP contribution >= 0.6 is 11.8 Å². The van der Waals surface area contributed by atoms with Gasteiger partial charge in [-0.15, -0.1) is 0 Å². The summed E-state index contributed by atoms with van der Waals surface area (Å²) in [6.45, 7) is 11.5. The SMILES string of the molecule is CCNc1cc(NC(C)CCSC)nc(C(C)(C)C)n1. The number of hydrogen-bond acceptors (Lipinski definition) is 5. The second-order valence-corrected chi connectivity index (χ2v) is 7.05. The van der Waals surface area contributed by atoms with Crippen LogP contribution in [-0.2, 0) is 5.41 Å². The van der Waals surface area contributed by atoms with Gasteiger partial charge in [-0.1, -0.05) is 20.8 Å². The average molecular weight is 296 g/mol. The molecule has 1 aromatic heterocycles. The minimum absolute atomic E-state index is 0.0512. The molecular formula is C15H28N4S. The Morgan fingerprint density at radius 3 is 2.45 bits per heavy atom. The quantitative estimate of drug-likeness (QED) is 0.802. The predicted molar refractivity (Wildman–Crippen MR) is 91.0 cm³/mol. The van der Waals surface area contributed by atoms with Gasteiger partial charge in [0, 0.05) is 24.1 Å². The van der Waals surface area contributed by atoms with Crippen molar-refractivity contribution < 1.29 is 0 Å². The Morgan fingerprint density at radius 2 is 1.90 bits per heavy atom. The third-order valence-corrected chi connectivity index (χ3v) is 3.55. The van der Waals surface area contributed by atoms with E-state index >= 15 is 0 Å². The minimum Gasteiger partial charge on any atom is -0.370 e. The molecule has 0 aliphatic carbocycles. The van der Waals surface area contributed by atoms with E-state index in [4.69, 9.17) is 0 Å². The van der Waals surface area contributed by atoms with E-state index in [0.29, 0.717) is 6.04 Å². The third kappa shape index (κ3) is 5.57. The van der Waals surface area contributed by atoms with E-state index in [1.54, 1.807) is 0 Å². The van der Waals surface area contributed by atoms with Crippen LogP contribution in [0.3, 0.4) is 0 Å². The van der Waals surface area contributed by atoms with Gasteiger partial charge >= 0.3 is 0 Å². The lowest BCUT2D eigenvalue weighted by Gasteiger charge is -2.21. The van der Waals surface area contributed by atoms with Crippen LogP contribution < -0.4 is 10.6 Å². The molecule has 4 nitrogen and oxygen atoms in total. The van der Waals surface area contributed by atoms with E-state index in [0.717, 1.165) is 36.2 Å². The number of thioether (sulfide) groups is 1. The Balaban J connectivity index is 2.91. The van der Waals surface area contributed by atoms with Crippen molar-refractivity contribution in [3.63, 3.8) is 0 Å². The van der Waals surface area contributed by atoms with Crippen molar-refractivity contribution in [2.45, 2.75) is 52.5 Å². The highest BCUT2D eigenvalue weighted by Crippen LogP contribution is 2.22. The number of aromatic nitrogens is 2. The molecule has 0 spiro atoms. The van der Waals surface area contributed by atoms with Crippen molar-refractivity contribution in [1.82, 2.24) is 9.97 Å². The highest BCUT2D eigenvalue weighted by Gasteiger charge is 2.19. The molecule has 0 aliphatic rings. The maximum atomic E-state index is 4.67. The fraction of sp³-hybridized carbons (Fsp3) is 0.733. The Labute approximate surface area is 127 Å². The van der Waals surface area contributed by atoms with Crippen molar-refractivity contribution in [2.24, 2.45) is 0 Å². The Hall–Kier alpha value is -0.970. The summed E-state index contributed by atoms with van der Waals surface area (Å²) >= 11 is 1.87. The first-order valence-corrected chi connectivity index (χ1v) is 8.65. The van der Waals surface area contributed by atoms with Gasteiger partial charge in [-0.3, -0.25) is 0 Å². The summed E-state index contributed by atoms with van der Waals surface area (Å²) in [4.78, 5) is 9.26. The molecule has 1 unspecified atom stereocenters. The van der Waals surface area contributed by atoms with E-state index in [1.807, 2.05) is 17.8 Å². The zero-order valence-electron chi connectivity index (χ0n) is 13.6. The molecule has 20 heavy (non-hydrogen) atoms. The number of nitrogens with zero attached hydrogens (tertiary/aromatic N) is 2. The minimum atomic E-state index is -0.0512. The van der Waals surface area contributed by atoms with Crippen LogP contribution in [-0.4, -0.2) is 34.6 Å². The van der Waals surface area contributed by atoms with Crippen molar-refractivity contribution in [3.8, 4) is 0 Å². The second-order valence-electron chi connectivity index (χ2n) is 6.07. The van der Waals surface area contributed by atoms with Gasteiger partial charge in [0.05, 0.1) is 0 Å². The van der Waals surface area contributed by atoms with Crippen LogP contribution in [0.5, 0.6) is 0 Å². The van der Waals surface area contributed by atoms with Gasteiger partial charge in [-0.25, -0.2) is 9.97 Å². The van der Waals surface area contributed by atoms with E-state index < -0.39 is 0 Å². The van der Waals surface area contributed by atoms with Crippen LogP contribution in [0.2, 0.25) is 0 Å². The van der Waals surface area contributed by atoms with Gasteiger partial charge in [-0.2, -0.15) is 11.8 Å². The summed E-state index contributed by atoms with van der Waals surface area (Å²) in [5.41, 5.74) is -0.0512. The molecule has 0 bridgehead atoms. The summed E-state index contributed by atoms with van der Waals surface area (Å²) in [5.74, 6) is 3.84. The van der Waals surface area contributed by atoms with E-state index in [9.17, 15) is 0 Å². The lowest BCUT2D eigenvalue weighted by molar-refractivity contribution is 0.546. The van der Waals surface area contributed by atoms with Crippen LogP contribution in [0.4, 0.5) is 11.6 Å². The molecule has 0 aromatic carbocycles. The first kappa shape index (κ1) is 17.1. The summed E-state index contributed by atoms with van der Waals surface area (Å²) < 4.78 is 0. The highest BCUT2D eigenvalue weighted by molar-refractivity contribution is 7.98. The van der Waals surface area contributed by atoms with Gasteiger partial charge in [0.25, 0.3) is 0 Å². The first-order chi connectivity index (χ1) is 9.36. The van der Waals surface area contributed by atoms with Crippen LogP contribution in [0.1, 0.15) is 46.9 Å². The topological polar surface area (TPSA) is 49.8 Å². The lowest BCUT2D eigenvalue weighted by Crippen LogP contribution is -2.21. The Morgan fingerprint density at radius 1 is 1.25 bits per heavy atom. The average Bonchev–Trinajstić information content (AvgIpc) is 2.35. The molecule has 0 saturated heterocycles. The zero-order chi connectivity index (χ0) is 15.2. The van der Waals surface area contributed by atoms with Crippen molar-refractivity contribution in [3.05, 3.63) is 11.9 Å². The van der Waals surface area contributed by atoms with Crippen LogP contribution in [0.15, 0.2) is 6.07 Å². The molecule has 0 fully saturated rings. The van der Waals surface area contributed by atoms with Gasteiger partial charge in [0.15, 0.2) is 0 Å². The molecule has 1 aromatic rings.